The Bertz CT molecular complexity index is 1210. The molecule has 0 radical (unpaired) electrons. The standard InChI is InChI=1S/C26H27N3O2/c1-16-8-6-11-21(12-16)15-28-25(30)23(27-26(28)31)14-22-13-19(4)29(20(22)5)24-17(2)9-7-10-18(24)3/h6-14H,15H2,1-5H3,(H,27,31)/b23-14+. The molecule has 5 heteroatoms. The number of hydrogen-bond donors (Lipinski definition) is 1. The molecule has 0 aliphatic carbocycles. The van der Waals surface area contributed by atoms with Crippen LogP contribution in [0.5, 0.6) is 0 Å². The number of nitrogens with zero attached hydrogens (tertiary/aromatic N) is 2. The number of carbonyl (C=O) groups is 2. The second kappa shape index (κ2) is 7.91. The Labute approximate surface area is 183 Å². The Kier molecular flexibility index (Phi) is 5.27. The van der Waals surface area contributed by atoms with Crippen molar-refractivity contribution in [3.63, 3.8) is 0 Å². The van der Waals surface area contributed by atoms with E-state index in [-0.39, 0.29) is 18.5 Å². The van der Waals surface area contributed by atoms with Crippen molar-refractivity contribution in [2.24, 2.45) is 0 Å². The Morgan fingerprint density at radius 1 is 0.903 bits per heavy atom. The van der Waals surface area contributed by atoms with Crippen LogP contribution in [-0.4, -0.2) is 21.4 Å². The highest BCUT2D eigenvalue weighted by molar-refractivity contribution is 6.14. The largest absolute Gasteiger partial charge is 0.329 e. The summed E-state index contributed by atoms with van der Waals surface area (Å²) in [5, 5.41) is 2.74. The number of carbonyl (C=O) groups excluding carboxylic acids is 2. The molecule has 3 aromatic rings. The van der Waals surface area contributed by atoms with E-state index in [0.717, 1.165) is 33.8 Å². The Hall–Kier alpha value is -3.60. The second-order valence-corrected chi connectivity index (χ2v) is 8.27. The molecule has 0 bridgehead atoms. The molecule has 0 spiro atoms. The maximum absolute atomic E-state index is 13.0. The van der Waals surface area contributed by atoms with E-state index in [2.05, 4.69) is 54.9 Å². The third-order valence-electron chi connectivity index (χ3n) is 5.82. The highest BCUT2D eigenvalue weighted by Gasteiger charge is 2.33. The maximum atomic E-state index is 13.0. The molecule has 3 amide bonds. The Balaban J connectivity index is 1.67. The van der Waals surface area contributed by atoms with Gasteiger partial charge >= 0.3 is 6.03 Å². The van der Waals surface area contributed by atoms with Crippen LogP contribution in [0.25, 0.3) is 11.8 Å². The molecular weight excluding hydrogens is 386 g/mol. The number of benzene rings is 2. The number of hydrogen-bond acceptors (Lipinski definition) is 2. The lowest BCUT2D eigenvalue weighted by Gasteiger charge is -2.15. The van der Waals surface area contributed by atoms with E-state index in [1.165, 1.54) is 16.0 Å². The number of aryl methyl sites for hydroxylation is 4. The number of nitrogens with one attached hydrogen (secondary N) is 1. The third kappa shape index (κ3) is 3.79. The van der Waals surface area contributed by atoms with Crippen molar-refractivity contribution in [1.82, 2.24) is 14.8 Å². The van der Waals surface area contributed by atoms with Gasteiger partial charge in [0.25, 0.3) is 5.91 Å². The van der Waals surface area contributed by atoms with Crippen LogP contribution < -0.4 is 5.32 Å². The molecule has 5 nitrogen and oxygen atoms in total. The van der Waals surface area contributed by atoms with Gasteiger partial charge in [0.2, 0.25) is 0 Å². The van der Waals surface area contributed by atoms with Crippen LogP contribution in [0.15, 0.2) is 54.2 Å². The average molecular weight is 414 g/mol. The van der Waals surface area contributed by atoms with E-state index in [4.69, 9.17) is 0 Å². The van der Waals surface area contributed by atoms with Crippen LogP contribution in [0.4, 0.5) is 4.79 Å². The molecular formula is C26H27N3O2. The molecule has 4 rings (SSSR count). The number of rotatable bonds is 4. The third-order valence-corrected chi connectivity index (χ3v) is 5.82. The minimum atomic E-state index is -0.388. The van der Waals surface area contributed by atoms with Gasteiger partial charge in [-0.25, -0.2) is 4.79 Å². The zero-order chi connectivity index (χ0) is 22.3. The molecule has 0 atom stereocenters. The van der Waals surface area contributed by atoms with Crippen molar-refractivity contribution < 1.29 is 9.59 Å². The molecule has 1 fully saturated rings. The maximum Gasteiger partial charge on any atom is 0.329 e. The molecule has 158 valence electrons. The van der Waals surface area contributed by atoms with Crippen LogP contribution in [0.3, 0.4) is 0 Å². The van der Waals surface area contributed by atoms with Gasteiger partial charge in [-0.3, -0.25) is 9.69 Å². The lowest BCUT2D eigenvalue weighted by atomic mass is 10.1. The molecule has 0 unspecified atom stereocenters. The van der Waals surface area contributed by atoms with Gasteiger partial charge in [0.05, 0.1) is 12.2 Å². The fraction of sp³-hybridized carbons (Fsp3) is 0.231. The van der Waals surface area contributed by atoms with Gasteiger partial charge in [-0.2, -0.15) is 0 Å². The van der Waals surface area contributed by atoms with Crippen molar-refractivity contribution in [3.05, 3.63) is 93.4 Å². The predicted octanol–water partition coefficient (Wildman–Crippen LogP) is 5.11. The number of urea groups is 1. The summed E-state index contributed by atoms with van der Waals surface area (Å²) in [4.78, 5) is 26.7. The van der Waals surface area contributed by atoms with E-state index >= 15 is 0 Å². The smallest absolute Gasteiger partial charge is 0.317 e. The monoisotopic (exact) mass is 413 g/mol. The summed E-state index contributed by atoms with van der Waals surface area (Å²) in [5.74, 6) is -0.302. The quantitative estimate of drug-likeness (QED) is 0.477. The number of aromatic nitrogens is 1. The first kappa shape index (κ1) is 20.7. The van der Waals surface area contributed by atoms with Crippen LogP contribution in [0.2, 0.25) is 0 Å². The summed E-state index contributed by atoms with van der Waals surface area (Å²) in [6, 6.07) is 15.8. The van der Waals surface area contributed by atoms with Gasteiger partial charge in [-0.1, -0.05) is 48.0 Å². The van der Waals surface area contributed by atoms with Gasteiger partial charge in [0.1, 0.15) is 5.70 Å². The second-order valence-electron chi connectivity index (χ2n) is 8.27. The van der Waals surface area contributed by atoms with Gasteiger partial charge in [-0.15, -0.1) is 0 Å². The van der Waals surface area contributed by atoms with Crippen molar-refractivity contribution in [2.75, 3.05) is 0 Å². The molecule has 0 saturated carbocycles. The van der Waals surface area contributed by atoms with Gasteiger partial charge < -0.3 is 9.88 Å². The minimum Gasteiger partial charge on any atom is -0.317 e. The number of amides is 3. The van der Waals surface area contributed by atoms with Crippen LogP contribution in [0.1, 0.15) is 39.2 Å². The zero-order valence-corrected chi connectivity index (χ0v) is 18.6. The van der Waals surface area contributed by atoms with E-state index in [9.17, 15) is 9.59 Å². The van der Waals surface area contributed by atoms with Crippen molar-refractivity contribution in [1.29, 1.82) is 0 Å². The Morgan fingerprint density at radius 2 is 1.58 bits per heavy atom. The first-order chi connectivity index (χ1) is 14.8. The average Bonchev–Trinajstić information content (AvgIpc) is 3.12. The van der Waals surface area contributed by atoms with E-state index in [1.807, 2.05) is 38.1 Å². The number of para-hydroxylation sites is 1. The van der Waals surface area contributed by atoms with E-state index < -0.39 is 0 Å². The van der Waals surface area contributed by atoms with Crippen molar-refractivity contribution >= 4 is 18.0 Å². The topological polar surface area (TPSA) is 54.3 Å². The first-order valence-corrected chi connectivity index (χ1v) is 10.4. The van der Waals surface area contributed by atoms with Crippen LogP contribution in [-0.2, 0) is 11.3 Å². The summed E-state index contributed by atoms with van der Waals surface area (Å²) >= 11 is 0. The number of imide groups is 1. The van der Waals surface area contributed by atoms with E-state index in [1.54, 1.807) is 6.08 Å². The molecule has 1 saturated heterocycles. The highest BCUT2D eigenvalue weighted by Crippen LogP contribution is 2.28. The van der Waals surface area contributed by atoms with Gasteiger partial charge in [0.15, 0.2) is 0 Å². The molecule has 1 aromatic heterocycles. The molecule has 31 heavy (non-hydrogen) atoms. The predicted molar refractivity (Wildman–Crippen MR) is 123 cm³/mol. The lowest BCUT2D eigenvalue weighted by Crippen LogP contribution is -2.30. The summed E-state index contributed by atoms with van der Waals surface area (Å²) < 4.78 is 2.21. The van der Waals surface area contributed by atoms with Gasteiger partial charge in [0, 0.05) is 11.4 Å². The first-order valence-electron chi connectivity index (χ1n) is 10.4. The van der Waals surface area contributed by atoms with Gasteiger partial charge in [-0.05, 0) is 69.0 Å². The SMILES string of the molecule is Cc1cccc(CN2C(=O)N/C(=C/c3cc(C)n(-c4c(C)cccc4C)c3C)C2=O)c1. The minimum absolute atomic E-state index is 0.255. The zero-order valence-electron chi connectivity index (χ0n) is 18.6. The molecule has 1 aliphatic rings. The summed E-state index contributed by atoms with van der Waals surface area (Å²) in [5.41, 5.74) is 8.89. The van der Waals surface area contributed by atoms with Crippen LogP contribution >= 0.6 is 0 Å². The summed E-state index contributed by atoms with van der Waals surface area (Å²) in [7, 11) is 0. The summed E-state index contributed by atoms with van der Waals surface area (Å²) in [6.45, 7) is 10.5. The molecule has 1 N–H and O–H groups in total. The molecule has 2 heterocycles. The Morgan fingerprint density at radius 3 is 2.26 bits per heavy atom. The van der Waals surface area contributed by atoms with Crippen LogP contribution in [0, 0.1) is 34.6 Å². The molecule has 1 aliphatic heterocycles. The fourth-order valence-corrected chi connectivity index (χ4v) is 4.30. The highest BCUT2D eigenvalue weighted by atomic mass is 16.2. The van der Waals surface area contributed by atoms with E-state index in [0.29, 0.717) is 5.70 Å². The van der Waals surface area contributed by atoms with Crippen molar-refractivity contribution in [3.8, 4) is 5.69 Å². The fourth-order valence-electron chi connectivity index (χ4n) is 4.30. The summed E-state index contributed by atoms with van der Waals surface area (Å²) in [6.07, 6.45) is 1.78. The normalized spacial score (nSPS) is 15.1. The molecule has 2 aromatic carbocycles. The lowest BCUT2D eigenvalue weighted by molar-refractivity contribution is -0.123. The van der Waals surface area contributed by atoms with Crippen molar-refractivity contribution in [2.45, 2.75) is 41.2 Å².